The first-order valence-corrected chi connectivity index (χ1v) is 20.8. The van der Waals surface area contributed by atoms with Gasteiger partial charge in [-0.05, 0) is 18.6 Å². The highest BCUT2D eigenvalue weighted by atomic mass is 79.9. The van der Waals surface area contributed by atoms with Crippen molar-refractivity contribution in [2.75, 3.05) is 11.1 Å². The minimum absolute atomic E-state index is 1.07. The third kappa shape index (κ3) is 38.8. The van der Waals surface area contributed by atoms with Gasteiger partial charge < -0.3 is 0 Å². The van der Waals surface area contributed by atoms with Crippen LogP contribution in [-0.4, -0.2) is 11.1 Å². The lowest BCUT2D eigenvalue weighted by Gasteiger charge is -2.05. The molecule has 0 saturated heterocycles. The smallest absolute Gasteiger partial charge is 0.00313 e. The van der Waals surface area contributed by atoms with Crippen molar-refractivity contribution in [2.45, 2.75) is 231 Å². The van der Waals surface area contributed by atoms with Gasteiger partial charge in [-0.15, -0.1) is 0 Å². The third-order valence-corrected chi connectivity index (χ3v) is 9.92. The Labute approximate surface area is 269 Å². The summed E-state index contributed by atoms with van der Waals surface area (Å²) in [6.07, 6.45) is 52.9. The summed E-state index contributed by atoms with van der Waals surface area (Å²) in [7, 11) is 0. The molecule has 0 rings (SSSR count). The summed E-state index contributed by atoms with van der Waals surface area (Å²) in [4.78, 5) is 0. The van der Waals surface area contributed by atoms with E-state index in [1.165, 1.54) is 236 Å². The van der Waals surface area contributed by atoms with Gasteiger partial charge in [0.25, 0.3) is 0 Å². The molecule has 40 heavy (non-hydrogen) atoms. The third-order valence-electron chi connectivity index (χ3n) is 9.04. The molecule has 242 valence electrons. The zero-order valence-electron chi connectivity index (χ0n) is 27.7. The van der Waals surface area contributed by atoms with Gasteiger partial charge in [0.2, 0.25) is 0 Å². The van der Waals surface area contributed by atoms with E-state index in [1.807, 2.05) is 0 Å². The maximum Gasteiger partial charge on any atom is 0.00313 e. The molecule has 0 aliphatic rings. The molecule has 0 aromatic heterocycles. The predicted molar refractivity (Wildman–Crippen MR) is 194 cm³/mol. The molecule has 0 amide bonds. The highest BCUT2D eigenvalue weighted by Gasteiger charge is 1.97. The van der Waals surface area contributed by atoms with E-state index in [4.69, 9.17) is 0 Å². The molecule has 0 unspecified atom stereocenters. The molecule has 0 aliphatic carbocycles. The van der Waals surface area contributed by atoms with Gasteiger partial charge in [0.15, 0.2) is 0 Å². The Morgan fingerprint density at radius 3 is 0.450 bits per heavy atom. The van der Waals surface area contributed by atoms with E-state index in [-0.39, 0.29) is 0 Å². The van der Waals surface area contributed by atoms with Crippen LogP contribution >= 0.6 is 28.6 Å². The van der Waals surface area contributed by atoms with Crippen LogP contribution in [0.25, 0.3) is 0 Å². The van der Waals surface area contributed by atoms with E-state index < -0.39 is 0 Å². The first kappa shape index (κ1) is 40.8. The number of thiol groups is 1. The zero-order chi connectivity index (χ0) is 28.9. The summed E-state index contributed by atoms with van der Waals surface area (Å²) in [5.41, 5.74) is 0. The molecule has 0 spiro atoms. The lowest BCUT2D eigenvalue weighted by Crippen LogP contribution is -1.85. The topological polar surface area (TPSA) is 0 Å². The highest BCUT2D eigenvalue weighted by Crippen LogP contribution is 2.17. The zero-order valence-corrected chi connectivity index (χ0v) is 30.2. The average molecular weight is 646 g/mol. The summed E-state index contributed by atoms with van der Waals surface area (Å²) in [5, 5.41) is 1.19. The van der Waals surface area contributed by atoms with Crippen LogP contribution in [0.15, 0.2) is 0 Å². The molecule has 0 fully saturated rings. The van der Waals surface area contributed by atoms with Crippen molar-refractivity contribution < 1.29 is 0 Å². The Balaban J connectivity index is 3.01. The molecule has 0 aromatic rings. The van der Waals surface area contributed by atoms with E-state index in [2.05, 4.69) is 28.6 Å². The fraction of sp³-hybridized carbons (Fsp3) is 1.00. The van der Waals surface area contributed by atoms with Gasteiger partial charge in [-0.3, -0.25) is 0 Å². The standard InChI is InChI=1S/C38H77BrS/c39-37-35-33-31-29-27-25-23-21-19-17-15-13-11-9-7-5-3-1-2-4-6-8-10-12-14-16-18-20-22-24-26-28-30-32-34-36-38-40/h40H,1-38H2. The molecule has 0 nitrogen and oxygen atoms in total. The fourth-order valence-corrected chi connectivity index (χ4v) is 6.84. The molecule has 0 saturated carbocycles. The van der Waals surface area contributed by atoms with Crippen LogP contribution in [0.5, 0.6) is 0 Å². The molecule has 0 aliphatic heterocycles. The van der Waals surface area contributed by atoms with Crippen molar-refractivity contribution in [3.05, 3.63) is 0 Å². The lowest BCUT2D eigenvalue weighted by atomic mass is 10.0. The Kier molecular flexibility index (Phi) is 40.7. The normalized spacial score (nSPS) is 11.6. The van der Waals surface area contributed by atoms with Crippen LogP contribution in [0.4, 0.5) is 0 Å². The number of rotatable bonds is 37. The van der Waals surface area contributed by atoms with Crippen LogP contribution in [0.2, 0.25) is 0 Å². The van der Waals surface area contributed by atoms with Gasteiger partial charge in [-0.1, -0.05) is 234 Å². The molecule has 0 heterocycles. The highest BCUT2D eigenvalue weighted by molar-refractivity contribution is 9.09. The lowest BCUT2D eigenvalue weighted by molar-refractivity contribution is 0.511. The predicted octanol–water partition coefficient (Wildman–Crippen LogP) is 15.4. The summed E-state index contributed by atoms with van der Waals surface area (Å²) in [6, 6.07) is 0. The van der Waals surface area contributed by atoms with Crippen molar-refractivity contribution in [3.8, 4) is 0 Å². The van der Waals surface area contributed by atoms with Crippen LogP contribution in [0.3, 0.4) is 0 Å². The van der Waals surface area contributed by atoms with Crippen molar-refractivity contribution in [1.82, 2.24) is 0 Å². The van der Waals surface area contributed by atoms with Crippen molar-refractivity contribution in [3.63, 3.8) is 0 Å². The Morgan fingerprint density at radius 1 is 0.200 bits per heavy atom. The maximum atomic E-state index is 4.29. The average Bonchev–Trinajstić information content (AvgIpc) is 2.97. The second kappa shape index (κ2) is 39.8. The Morgan fingerprint density at radius 2 is 0.325 bits per heavy atom. The van der Waals surface area contributed by atoms with Gasteiger partial charge in [-0.25, -0.2) is 0 Å². The number of hydrogen-bond donors (Lipinski definition) is 1. The van der Waals surface area contributed by atoms with Gasteiger partial charge >= 0.3 is 0 Å². The van der Waals surface area contributed by atoms with E-state index in [1.54, 1.807) is 0 Å². The monoisotopic (exact) mass is 644 g/mol. The molecular formula is C38H77BrS. The molecule has 0 bridgehead atoms. The molecule has 0 radical (unpaired) electrons. The van der Waals surface area contributed by atoms with E-state index in [0.29, 0.717) is 0 Å². The largest absolute Gasteiger partial charge is 0.179 e. The number of alkyl halides is 1. The first-order valence-electron chi connectivity index (χ1n) is 19.1. The molecule has 0 aromatic carbocycles. The van der Waals surface area contributed by atoms with Gasteiger partial charge in [0, 0.05) is 5.33 Å². The molecular weight excluding hydrogens is 568 g/mol. The first-order chi connectivity index (χ1) is 19.9. The van der Waals surface area contributed by atoms with Crippen LogP contribution < -0.4 is 0 Å². The van der Waals surface area contributed by atoms with E-state index in [9.17, 15) is 0 Å². The fourth-order valence-electron chi connectivity index (χ4n) is 6.22. The SMILES string of the molecule is SCCCCCCCCCCCCCCCCCCCCCCCCCCCCCCCCCCCCCCBr. The summed E-state index contributed by atoms with van der Waals surface area (Å²) in [5.74, 6) is 1.07. The molecule has 0 atom stereocenters. The Bertz CT molecular complexity index is 374. The van der Waals surface area contributed by atoms with Crippen molar-refractivity contribution >= 4 is 28.6 Å². The van der Waals surface area contributed by atoms with Crippen LogP contribution in [-0.2, 0) is 0 Å². The second-order valence-corrected chi connectivity index (χ2v) is 14.4. The van der Waals surface area contributed by atoms with Crippen LogP contribution in [0.1, 0.15) is 231 Å². The Hall–Kier alpha value is 0.830. The summed E-state index contributed by atoms with van der Waals surface area (Å²) >= 11 is 7.81. The molecule has 0 N–H and O–H groups in total. The van der Waals surface area contributed by atoms with E-state index >= 15 is 0 Å². The van der Waals surface area contributed by atoms with Crippen molar-refractivity contribution in [2.24, 2.45) is 0 Å². The minimum atomic E-state index is 1.07. The van der Waals surface area contributed by atoms with Gasteiger partial charge in [0.1, 0.15) is 0 Å². The molecule has 2 heteroatoms. The number of unbranched alkanes of at least 4 members (excludes halogenated alkanes) is 35. The second-order valence-electron chi connectivity index (χ2n) is 13.1. The van der Waals surface area contributed by atoms with Gasteiger partial charge in [-0.2, -0.15) is 12.6 Å². The minimum Gasteiger partial charge on any atom is -0.179 e. The van der Waals surface area contributed by atoms with Crippen molar-refractivity contribution in [1.29, 1.82) is 0 Å². The number of halogens is 1. The maximum absolute atomic E-state index is 4.29. The van der Waals surface area contributed by atoms with Gasteiger partial charge in [0.05, 0.1) is 0 Å². The summed E-state index contributed by atoms with van der Waals surface area (Å²) < 4.78 is 0. The van der Waals surface area contributed by atoms with E-state index in [0.717, 1.165) is 5.75 Å². The summed E-state index contributed by atoms with van der Waals surface area (Å²) in [6.45, 7) is 0. The quantitative estimate of drug-likeness (QED) is 0.0388. The number of hydrogen-bond acceptors (Lipinski definition) is 1. The van der Waals surface area contributed by atoms with Crippen LogP contribution in [0, 0.1) is 0 Å².